The number of amidine groups is 1. The summed E-state index contributed by atoms with van der Waals surface area (Å²) in [5, 5.41) is 7.31. The molecule has 5 heteroatoms. The lowest BCUT2D eigenvalue weighted by Crippen LogP contribution is -2.32. The maximum absolute atomic E-state index is 14.0. The summed E-state index contributed by atoms with van der Waals surface area (Å²) in [5.74, 6) is -0.411. The molecular weight excluding hydrogens is 257 g/mol. The number of nitrogens with zero attached hydrogens (tertiary/aromatic N) is 1. The number of nitrogens with one attached hydrogen (secondary N) is 1. The van der Waals surface area contributed by atoms with E-state index < -0.39 is 0 Å². The molecule has 0 aliphatic carbocycles. The van der Waals surface area contributed by atoms with Gasteiger partial charge in [0.15, 0.2) is 0 Å². The Morgan fingerprint density at radius 1 is 1.55 bits per heavy atom. The van der Waals surface area contributed by atoms with E-state index in [0.29, 0.717) is 17.7 Å². The van der Waals surface area contributed by atoms with Crippen molar-refractivity contribution in [2.75, 3.05) is 19.7 Å². The van der Waals surface area contributed by atoms with Gasteiger partial charge in [0, 0.05) is 30.8 Å². The summed E-state index contributed by atoms with van der Waals surface area (Å²) in [5.41, 5.74) is 6.42. The van der Waals surface area contributed by atoms with Crippen LogP contribution in [-0.2, 0) is 11.3 Å². The molecule has 1 aromatic carbocycles. The van der Waals surface area contributed by atoms with Crippen LogP contribution in [0.3, 0.4) is 0 Å². The Balaban J connectivity index is 2.01. The van der Waals surface area contributed by atoms with E-state index in [9.17, 15) is 4.39 Å². The topological polar surface area (TPSA) is 62.3 Å². The summed E-state index contributed by atoms with van der Waals surface area (Å²) in [6.45, 7) is 5.15. The average Bonchev–Trinajstić information content (AvgIpc) is 2.92. The van der Waals surface area contributed by atoms with Crippen molar-refractivity contribution < 1.29 is 9.13 Å². The van der Waals surface area contributed by atoms with E-state index in [-0.39, 0.29) is 17.8 Å². The lowest BCUT2D eigenvalue weighted by molar-refractivity contribution is 0.0721. The van der Waals surface area contributed by atoms with E-state index in [0.717, 1.165) is 32.5 Å². The molecule has 0 spiro atoms. The maximum atomic E-state index is 14.0. The summed E-state index contributed by atoms with van der Waals surface area (Å²) in [4.78, 5) is 2.18. The number of hydrogen-bond acceptors (Lipinski definition) is 3. The van der Waals surface area contributed by atoms with Crippen LogP contribution >= 0.6 is 0 Å². The minimum absolute atomic E-state index is 0.109. The van der Waals surface area contributed by atoms with Gasteiger partial charge in [-0.3, -0.25) is 10.3 Å². The summed E-state index contributed by atoms with van der Waals surface area (Å²) in [7, 11) is 0. The smallest absolute Gasteiger partial charge is 0.128 e. The number of hydrogen-bond donors (Lipinski definition) is 2. The van der Waals surface area contributed by atoms with Crippen molar-refractivity contribution in [2.24, 2.45) is 5.73 Å². The van der Waals surface area contributed by atoms with Gasteiger partial charge in [-0.15, -0.1) is 0 Å². The van der Waals surface area contributed by atoms with Gasteiger partial charge in [0.25, 0.3) is 0 Å². The van der Waals surface area contributed by atoms with Crippen molar-refractivity contribution in [3.8, 4) is 0 Å². The van der Waals surface area contributed by atoms with E-state index in [4.69, 9.17) is 15.9 Å². The van der Waals surface area contributed by atoms with Crippen LogP contribution in [0.2, 0.25) is 0 Å². The number of halogens is 1. The Labute approximate surface area is 119 Å². The Bertz CT molecular complexity index is 472. The summed E-state index contributed by atoms with van der Waals surface area (Å²) in [6, 6.07) is 4.74. The lowest BCUT2D eigenvalue weighted by atomic mass is 10.1. The summed E-state index contributed by atoms with van der Waals surface area (Å²) >= 11 is 0. The van der Waals surface area contributed by atoms with Crippen LogP contribution in [0.4, 0.5) is 4.39 Å². The molecule has 0 aromatic heterocycles. The molecule has 0 amide bonds. The van der Waals surface area contributed by atoms with Gasteiger partial charge >= 0.3 is 0 Å². The first-order chi connectivity index (χ1) is 9.60. The van der Waals surface area contributed by atoms with Gasteiger partial charge in [-0.1, -0.05) is 19.1 Å². The van der Waals surface area contributed by atoms with Gasteiger partial charge < -0.3 is 10.5 Å². The minimum Gasteiger partial charge on any atom is -0.384 e. The van der Waals surface area contributed by atoms with Crippen molar-refractivity contribution in [1.82, 2.24) is 4.90 Å². The molecule has 20 heavy (non-hydrogen) atoms. The second kappa shape index (κ2) is 6.81. The fourth-order valence-electron chi connectivity index (χ4n) is 2.47. The molecule has 3 N–H and O–H groups in total. The average molecular weight is 279 g/mol. The molecule has 1 aliphatic heterocycles. The van der Waals surface area contributed by atoms with Gasteiger partial charge in [-0.05, 0) is 25.5 Å². The minimum atomic E-state index is -0.302. The third-order valence-corrected chi connectivity index (χ3v) is 3.69. The lowest BCUT2D eigenvalue weighted by Gasteiger charge is -2.24. The molecule has 1 aliphatic rings. The first-order valence-corrected chi connectivity index (χ1v) is 7.07. The zero-order valence-corrected chi connectivity index (χ0v) is 11.9. The molecular formula is C15H22FN3O. The Kier molecular flexibility index (Phi) is 5.09. The number of likely N-dealkylation sites (N-methyl/N-ethyl adjacent to an activating group) is 1. The second-order valence-corrected chi connectivity index (χ2v) is 5.18. The highest BCUT2D eigenvalue weighted by molar-refractivity contribution is 5.94. The molecule has 1 fully saturated rings. The van der Waals surface area contributed by atoms with E-state index in [1.54, 1.807) is 12.1 Å². The highest BCUT2D eigenvalue weighted by atomic mass is 19.1. The van der Waals surface area contributed by atoms with Crippen LogP contribution in [0.25, 0.3) is 0 Å². The molecule has 1 saturated heterocycles. The number of nitrogens with two attached hydrogens (primary N) is 1. The van der Waals surface area contributed by atoms with Crippen molar-refractivity contribution in [3.63, 3.8) is 0 Å². The van der Waals surface area contributed by atoms with Crippen LogP contribution < -0.4 is 5.73 Å². The van der Waals surface area contributed by atoms with Gasteiger partial charge in [-0.2, -0.15) is 0 Å². The molecule has 1 atom stereocenters. The second-order valence-electron chi connectivity index (χ2n) is 5.18. The fourth-order valence-corrected chi connectivity index (χ4v) is 2.47. The van der Waals surface area contributed by atoms with E-state index in [2.05, 4.69) is 11.8 Å². The van der Waals surface area contributed by atoms with Crippen molar-refractivity contribution in [2.45, 2.75) is 32.4 Å². The molecule has 1 aromatic rings. The quantitative estimate of drug-likeness (QED) is 0.619. The van der Waals surface area contributed by atoms with Crippen molar-refractivity contribution in [3.05, 3.63) is 35.1 Å². The van der Waals surface area contributed by atoms with Gasteiger partial charge in [0.1, 0.15) is 11.7 Å². The number of rotatable bonds is 6. The van der Waals surface area contributed by atoms with Gasteiger partial charge in [0.2, 0.25) is 0 Å². The van der Waals surface area contributed by atoms with E-state index in [1.165, 1.54) is 6.07 Å². The molecule has 4 nitrogen and oxygen atoms in total. The maximum Gasteiger partial charge on any atom is 0.128 e. The molecule has 110 valence electrons. The number of benzene rings is 1. The first-order valence-electron chi connectivity index (χ1n) is 7.07. The number of ether oxygens (including phenoxy) is 1. The molecule has 2 rings (SSSR count). The Morgan fingerprint density at radius 3 is 2.90 bits per heavy atom. The normalized spacial score (nSPS) is 18.6. The van der Waals surface area contributed by atoms with Crippen LogP contribution in [0, 0.1) is 11.2 Å². The van der Waals surface area contributed by atoms with Crippen LogP contribution in [0.5, 0.6) is 0 Å². The van der Waals surface area contributed by atoms with Crippen LogP contribution in [-0.4, -0.2) is 36.5 Å². The first kappa shape index (κ1) is 14.9. The van der Waals surface area contributed by atoms with Crippen LogP contribution in [0.15, 0.2) is 18.2 Å². The zero-order chi connectivity index (χ0) is 14.5. The molecule has 0 bridgehead atoms. The monoisotopic (exact) mass is 279 g/mol. The zero-order valence-electron chi connectivity index (χ0n) is 11.9. The van der Waals surface area contributed by atoms with Gasteiger partial charge in [-0.25, -0.2) is 4.39 Å². The van der Waals surface area contributed by atoms with Crippen LogP contribution in [0.1, 0.15) is 30.9 Å². The third-order valence-electron chi connectivity index (χ3n) is 3.69. The van der Waals surface area contributed by atoms with E-state index in [1.807, 2.05) is 0 Å². The highest BCUT2D eigenvalue weighted by Gasteiger charge is 2.19. The van der Waals surface area contributed by atoms with Crippen molar-refractivity contribution >= 4 is 5.84 Å². The molecule has 0 radical (unpaired) electrons. The Morgan fingerprint density at radius 2 is 2.35 bits per heavy atom. The predicted molar refractivity (Wildman–Crippen MR) is 77.3 cm³/mol. The molecule has 1 heterocycles. The van der Waals surface area contributed by atoms with E-state index >= 15 is 0 Å². The molecule has 1 unspecified atom stereocenters. The third kappa shape index (κ3) is 3.77. The van der Waals surface area contributed by atoms with Gasteiger partial charge in [0.05, 0.1) is 6.10 Å². The summed E-state index contributed by atoms with van der Waals surface area (Å²) in [6.07, 6.45) is 2.47. The SMILES string of the molecule is CCN(Cc1ccc(C(=N)N)cc1F)CC1CCCO1. The predicted octanol–water partition coefficient (Wildman–Crippen LogP) is 2.11. The fraction of sp³-hybridized carbons (Fsp3) is 0.533. The number of nitrogen functional groups attached to an aromatic ring is 1. The standard InChI is InChI=1S/C15H22FN3O/c1-2-19(10-13-4-3-7-20-13)9-12-6-5-11(15(17)18)8-14(12)16/h5-6,8,13H,2-4,7,9-10H2,1H3,(H3,17,18). The largest absolute Gasteiger partial charge is 0.384 e. The van der Waals surface area contributed by atoms with Crippen molar-refractivity contribution in [1.29, 1.82) is 5.41 Å². The Hall–Kier alpha value is -1.46. The highest BCUT2D eigenvalue weighted by Crippen LogP contribution is 2.17. The molecule has 0 saturated carbocycles. The summed E-state index contributed by atoms with van der Waals surface area (Å²) < 4.78 is 19.6.